The van der Waals surface area contributed by atoms with E-state index in [1.54, 1.807) is 25.1 Å². The van der Waals surface area contributed by atoms with E-state index in [2.05, 4.69) is 23.3 Å². The van der Waals surface area contributed by atoms with Gasteiger partial charge in [-0.25, -0.2) is 9.37 Å². The smallest absolute Gasteiger partial charge is 0.224 e. The van der Waals surface area contributed by atoms with Crippen molar-refractivity contribution in [3.63, 3.8) is 0 Å². The van der Waals surface area contributed by atoms with Gasteiger partial charge < -0.3 is 10.2 Å². The molecule has 2 aromatic rings. The first-order chi connectivity index (χ1) is 13.0. The van der Waals surface area contributed by atoms with Crippen molar-refractivity contribution in [2.24, 2.45) is 11.8 Å². The third-order valence-corrected chi connectivity index (χ3v) is 5.59. The lowest BCUT2D eigenvalue weighted by atomic mass is 9.80. The number of hydrogen-bond donors (Lipinski definition) is 1. The maximum Gasteiger partial charge on any atom is 0.224 e. The molecule has 1 unspecified atom stereocenters. The van der Waals surface area contributed by atoms with Gasteiger partial charge in [-0.3, -0.25) is 4.79 Å². The molecule has 1 amide bonds. The summed E-state index contributed by atoms with van der Waals surface area (Å²) < 4.78 is 14.0. The second-order valence-electron chi connectivity index (χ2n) is 7.45. The van der Waals surface area contributed by atoms with E-state index in [-0.39, 0.29) is 29.7 Å². The van der Waals surface area contributed by atoms with Crippen molar-refractivity contribution in [3.8, 4) is 6.07 Å². The van der Waals surface area contributed by atoms with Gasteiger partial charge in [0.2, 0.25) is 5.91 Å². The van der Waals surface area contributed by atoms with Gasteiger partial charge in [0.15, 0.2) is 0 Å². The topological polar surface area (TPSA) is 69.0 Å². The van der Waals surface area contributed by atoms with Crippen LogP contribution in [0.2, 0.25) is 0 Å². The number of nitrogens with one attached hydrogen (secondary N) is 1. The number of amides is 1. The minimum Gasteiger partial charge on any atom is -0.363 e. The summed E-state index contributed by atoms with van der Waals surface area (Å²) in [5.41, 5.74) is 2.02. The average Bonchev–Trinajstić information content (AvgIpc) is 3.48. The fraction of sp³-hybridized carbons (Fsp3) is 0.381. The van der Waals surface area contributed by atoms with Gasteiger partial charge in [0.05, 0.1) is 11.6 Å². The molecule has 1 aromatic heterocycles. The number of pyridine rings is 1. The molecule has 3 atom stereocenters. The third kappa shape index (κ3) is 3.14. The SMILES string of the molecule is CC(=O)N1c2ccc(F)cc2C(Nc2ccc(C#N)cn2)[C@@H](C)[C@@H]1C1CC1. The summed E-state index contributed by atoms with van der Waals surface area (Å²) in [6.07, 6.45) is 3.73. The zero-order chi connectivity index (χ0) is 19.1. The van der Waals surface area contributed by atoms with Gasteiger partial charge >= 0.3 is 0 Å². The van der Waals surface area contributed by atoms with Crippen molar-refractivity contribution in [3.05, 3.63) is 53.5 Å². The van der Waals surface area contributed by atoms with E-state index >= 15 is 0 Å². The van der Waals surface area contributed by atoms with E-state index < -0.39 is 0 Å². The molecule has 0 saturated heterocycles. The highest BCUT2D eigenvalue weighted by molar-refractivity contribution is 5.94. The van der Waals surface area contributed by atoms with Crippen LogP contribution >= 0.6 is 0 Å². The number of aromatic nitrogens is 1. The Kier molecular flexibility index (Phi) is 4.31. The fourth-order valence-electron chi connectivity index (χ4n) is 4.24. The van der Waals surface area contributed by atoms with E-state index in [9.17, 15) is 9.18 Å². The van der Waals surface area contributed by atoms with Gasteiger partial charge in [0, 0.05) is 36.3 Å². The molecule has 138 valence electrons. The van der Waals surface area contributed by atoms with Crippen LogP contribution < -0.4 is 10.2 Å². The van der Waals surface area contributed by atoms with Crippen LogP contribution in [0.25, 0.3) is 0 Å². The lowest BCUT2D eigenvalue weighted by molar-refractivity contribution is -0.117. The summed E-state index contributed by atoms with van der Waals surface area (Å²) in [7, 11) is 0. The van der Waals surface area contributed by atoms with Crippen LogP contribution in [0.3, 0.4) is 0 Å². The molecule has 1 aliphatic heterocycles. The Morgan fingerprint density at radius 3 is 2.70 bits per heavy atom. The highest BCUT2D eigenvalue weighted by Gasteiger charge is 2.47. The predicted molar refractivity (Wildman–Crippen MR) is 101 cm³/mol. The molecule has 1 N–H and O–H groups in total. The molecule has 27 heavy (non-hydrogen) atoms. The number of rotatable bonds is 3. The molecule has 1 aromatic carbocycles. The standard InChI is InChI=1S/C21H21FN4O/c1-12-20(25-19-8-3-14(10-23)11-24-19)17-9-16(22)6-7-18(17)26(13(2)27)21(12)15-4-5-15/h3,6-9,11-12,15,20-21H,4-5H2,1-2H3,(H,24,25)/t12-,20?,21-/m1/s1. The molecule has 4 rings (SSSR count). The van der Waals surface area contributed by atoms with Crippen LogP contribution in [-0.2, 0) is 4.79 Å². The number of fused-ring (bicyclic) bond motifs is 1. The second kappa shape index (κ2) is 6.66. The van der Waals surface area contributed by atoms with Crippen LogP contribution in [0.1, 0.15) is 43.9 Å². The molecular formula is C21H21FN4O. The molecule has 1 saturated carbocycles. The van der Waals surface area contributed by atoms with Crippen LogP contribution in [-0.4, -0.2) is 16.9 Å². The van der Waals surface area contributed by atoms with Crippen molar-refractivity contribution in [2.75, 3.05) is 10.2 Å². The van der Waals surface area contributed by atoms with Gasteiger partial charge in [0.1, 0.15) is 17.7 Å². The van der Waals surface area contributed by atoms with Crippen LogP contribution in [0.15, 0.2) is 36.5 Å². The van der Waals surface area contributed by atoms with Crippen LogP contribution in [0.5, 0.6) is 0 Å². The van der Waals surface area contributed by atoms with Gasteiger partial charge in [-0.05, 0) is 49.1 Å². The molecule has 1 aliphatic carbocycles. The van der Waals surface area contributed by atoms with Crippen molar-refractivity contribution < 1.29 is 9.18 Å². The third-order valence-electron chi connectivity index (χ3n) is 5.59. The molecule has 6 heteroatoms. The zero-order valence-electron chi connectivity index (χ0n) is 15.3. The van der Waals surface area contributed by atoms with Crippen molar-refractivity contribution in [2.45, 2.75) is 38.8 Å². The highest BCUT2D eigenvalue weighted by atomic mass is 19.1. The Morgan fingerprint density at radius 1 is 1.33 bits per heavy atom. The first kappa shape index (κ1) is 17.5. The molecule has 0 radical (unpaired) electrons. The number of hydrogen-bond acceptors (Lipinski definition) is 4. The monoisotopic (exact) mass is 364 g/mol. The highest BCUT2D eigenvalue weighted by Crippen LogP contribution is 2.49. The normalized spacial score (nSPS) is 24.1. The molecule has 2 heterocycles. The lowest BCUT2D eigenvalue weighted by Gasteiger charge is -2.45. The van der Waals surface area contributed by atoms with Crippen molar-refractivity contribution >= 4 is 17.4 Å². The van der Waals surface area contributed by atoms with E-state index in [1.165, 1.54) is 18.3 Å². The molecule has 1 fully saturated rings. The van der Waals surface area contributed by atoms with E-state index in [0.29, 0.717) is 17.3 Å². The maximum absolute atomic E-state index is 14.0. The molecule has 2 aliphatic rings. The molecular weight excluding hydrogens is 343 g/mol. The number of carbonyl (C=O) groups excluding carboxylic acids is 1. The average molecular weight is 364 g/mol. The Balaban J connectivity index is 1.77. The summed E-state index contributed by atoms with van der Waals surface area (Å²) in [5, 5.41) is 12.4. The first-order valence-electron chi connectivity index (χ1n) is 9.21. The first-order valence-corrected chi connectivity index (χ1v) is 9.21. The molecule has 0 spiro atoms. The Morgan fingerprint density at radius 2 is 2.11 bits per heavy atom. The number of anilines is 2. The minimum absolute atomic E-state index is 0.0124. The Hall–Kier alpha value is -2.94. The van der Waals surface area contributed by atoms with Crippen LogP contribution in [0.4, 0.5) is 15.9 Å². The van der Waals surface area contributed by atoms with Gasteiger partial charge in [-0.15, -0.1) is 0 Å². The Labute approximate surface area is 157 Å². The zero-order valence-corrected chi connectivity index (χ0v) is 15.3. The summed E-state index contributed by atoms with van der Waals surface area (Å²) in [6, 6.07) is 10.0. The second-order valence-corrected chi connectivity index (χ2v) is 7.45. The van der Waals surface area contributed by atoms with Crippen molar-refractivity contribution in [1.82, 2.24) is 4.98 Å². The van der Waals surface area contributed by atoms with Gasteiger partial charge in [0.25, 0.3) is 0 Å². The van der Waals surface area contributed by atoms with E-state index in [0.717, 1.165) is 24.1 Å². The number of halogens is 1. The van der Waals surface area contributed by atoms with E-state index in [1.807, 2.05) is 4.90 Å². The fourth-order valence-corrected chi connectivity index (χ4v) is 4.24. The summed E-state index contributed by atoms with van der Waals surface area (Å²) >= 11 is 0. The van der Waals surface area contributed by atoms with Crippen molar-refractivity contribution in [1.29, 1.82) is 5.26 Å². The van der Waals surface area contributed by atoms with Gasteiger partial charge in [-0.2, -0.15) is 5.26 Å². The predicted octanol–water partition coefficient (Wildman–Crippen LogP) is 4.03. The number of nitriles is 1. The lowest BCUT2D eigenvalue weighted by Crippen LogP contribution is -2.51. The van der Waals surface area contributed by atoms with E-state index in [4.69, 9.17) is 5.26 Å². The summed E-state index contributed by atoms with van der Waals surface area (Å²) in [5.74, 6) is 0.857. The molecule has 0 bridgehead atoms. The summed E-state index contributed by atoms with van der Waals surface area (Å²) in [6.45, 7) is 3.68. The largest absolute Gasteiger partial charge is 0.363 e. The number of nitrogens with zero attached hydrogens (tertiary/aromatic N) is 3. The quantitative estimate of drug-likeness (QED) is 0.893. The molecule has 5 nitrogen and oxygen atoms in total. The maximum atomic E-state index is 14.0. The van der Waals surface area contributed by atoms with Crippen LogP contribution in [0, 0.1) is 29.0 Å². The number of carbonyl (C=O) groups is 1. The summed E-state index contributed by atoms with van der Waals surface area (Å²) in [4.78, 5) is 18.6. The Bertz CT molecular complexity index is 917. The number of benzene rings is 1. The minimum atomic E-state index is -0.325. The van der Waals surface area contributed by atoms with Gasteiger partial charge in [-0.1, -0.05) is 6.92 Å².